The number of carbonyl (C=O) groups excluding carboxylic acids is 1. The lowest BCUT2D eigenvalue weighted by Crippen LogP contribution is -2.20. The van der Waals surface area contributed by atoms with E-state index in [9.17, 15) is 9.00 Å². The number of anilines is 2. The summed E-state index contributed by atoms with van der Waals surface area (Å²) in [5.74, 6) is 0.736. The van der Waals surface area contributed by atoms with Gasteiger partial charge in [-0.15, -0.1) is 0 Å². The average Bonchev–Trinajstić information content (AvgIpc) is 3.32. The van der Waals surface area contributed by atoms with Gasteiger partial charge in [0, 0.05) is 7.05 Å². The standard InChI is InChI=1S/C18H17Cl2N3O2S2.C9H16O2/c1-10-17(26-18(21-2)22-10)11-7-8-14(25-3)15(9-11)27(24)23-16-12(19)5-4-6-13(16)20;1-2-11-9(10)8-6-4-3-5-7-8/h4-9,23H,1-3H3,(H,21,22);8H,2-7H2,1H3. The van der Waals surface area contributed by atoms with E-state index in [2.05, 4.69) is 15.0 Å². The fourth-order valence-corrected chi connectivity index (χ4v) is 6.68. The van der Waals surface area contributed by atoms with Crippen LogP contribution in [0.25, 0.3) is 10.4 Å². The highest BCUT2D eigenvalue weighted by molar-refractivity contribution is 7.86. The van der Waals surface area contributed by atoms with E-state index in [-0.39, 0.29) is 11.9 Å². The maximum absolute atomic E-state index is 13.0. The first-order valence-corrected chi connectivity index (χ1v) is 15.1. The van der Waals surface area contributed by atoms with Crippen LogP contribution in [0.5, 0.6) is 5.75 Å². The Hall–Kier alpha value is -2.33. The van der Waals surface area contributed by atoms with Gasteiger partial charge >= 0.3 is 5.97 Å². The fraction of sp³-hybridized carbons (Fsp3) is 0.407. The second-order valence-electron chi connectivity index (χ2n) is 8.60. The predicted molar refractivity (Wildman–Crippen MR) is 158 cm³/mol. The van der Waals surface area contributed by atoms with Crippen molar-refractivity contribution in [2.45, 2.75) is 50.8 Å². The average molecular weight is 599 g/mol. The first kappa shape index (κ1) is 30.2. The Balaban J connectivity index is 0.000000304. The maximum Gasteiger partial charge on any atom is 0.308 e. The zero-order valence-electron chi connectivity index (χ0n) is 21.9. The Labute approximate surface area is 240 Å². The van der Waals surface area contributed by atoms with E-state index >= 15 is 0 Å². The summed E-state index contributed by atoms with van der Waals surface area (Å²) in [6.07, 6.45) is 5.76. The molecule has 1 atom stereocenters. The minimum Gasteiger partial charge on any atom is -0.495 e. The molecule has 3 aromatic rings. The van der Waals surface area contributed by atoms with E-state index in [4.69, 9.17) is 32.7 Å². The number of esters is 1. The highest BCUT2D eigenvalue weighted by atomic mass is 35.5. The van der Waals surface area contributed by atoms with Gasteiger partial charge in [-0.3, -0.25) is 9.52 Å². The van der Waals surface area contributed by atoms with Crippen LogP contribution in [0, 0.1) is 12.8 Å². The summed E-state index contributed by atoms with van der Waals surface area (Å²) in [4.78, 5) is 17.1. The SMILES string of the molecule is CCOC(=O)C1CCCCC1.CNc1nc(C)c(-c2ccc(OC)c(S(=O)Nc3c(Cl)cccc3Cl)c2)s1. The molecule has 38 heavy (non-hydrogen) atoms. The molecule has 206 valence electrons. The molecule has 0 bridgehead atoms. The Morgan fingerprint density at radius 3 is 2.42 bits per heavy atom. The number of benzene rings is 2. The van der Waals surface area contributed by atoms with E-state index in [1.54, 1.807) is 24.3 Å². The molecular formula is C27H33Cl2N3O4S2. The van der Waals surface area contributed by atoms with Gasteiger partial charge in [0.2, 0.25) is 0 Å². The highest BCUT2D eigenvalue weighted by Crippen LogP contribution is 2.37. The van der Waals surface area contributed by atoms with Crippen molar-refractivity contribution in [3.63, 3.8) is 0 Å². The zero-order valence-corrected chi connectivity index (χ0v) is 25.1. The fourth-order valence-electron chi connectivity index (χ4n) is 4.08. The van der Waals surface area contributed by atoms with Gasteiger partial charge in [-0.25, -0.2) is 9.19 Å². The van der Waals surface area contributed by atoms with Gasteiger partial charge in [0.1, 0.15) is 10.6 Å². The Morgan fingerprint density at radius 1 is 1.16 bits per heavy atom. The number of ether oxygens (including phenoxy) is 2. The smallest absolute Gasteiger partial charge is 0.308 e. The van der Waals surface area contributed by atoms with E-state index < -0.39 is 11.0 Å². The Kier molecular flexibility index (Phi) is 11.7. The second-order valence-corrected chi connectivity index (χ2v) is 11.6. The molecule has 0 radical (unpaired) electrons. The molecule has 0 amide bonds. The van der Waals surface area contributed by atoms with Crippen LogP contribution in [0.4, 0.5) is 10.8 Å². The van der Waals surface area contributed by atoms with Gasteiger partial charge in [-0.2, -0.15) is 0 Å². The third-order valence-electron chi connectivity index (χ3n) is 6.02. The monoisotopic (exact) mass is 597 g/mol. The number of para-hydroxylation sites is 1. The molecule has 0 aliphatic heterocycles. The van der Waals surface area contributed by atoms with E-state index in [0.29, 0.717) is 33.0 Å². The van der Waals surface area contributed by atoms with Crippen molar-refractivity contribution in [2.24, 2.45) is 5.92 Å². The topological polar surface area (TPSA) is 89.6 Å². The molecule has 2 N–H and O–H groups in total. The van der Waals surface area contributed by atoms with Gasteiger partial charge in [0.05, 0.1) is 45.9 Å². The molecule has 4 rings (SSSR count). The zero-order chi connectivity index (χ0) is 27.7. The summed E-state index contributed by atoms with van der Waals surface area (Å²) in [6, 6.07) is 10.6. The van der Waals surface area contributed by atoms with Crippen LogP contribution in [0.3, 0.4) is 0 Å². The van der Waals surface area contributed by atoms with Crippen molar-refractivity contribution in [1.29, 1.82) is 0 Å². The van der Waals surface area contributed by atoms with Crippen molar-refractivity contribution >= 4 is 62.3 Å². The third-order valence-corrected chi connectivity index (χ3v) is 8.98. The number of nitrogens with one attached hydrogen (secondary N) is 2. The first-order valence-electron chi connectivity index (χ1n) is 12.4. The van der Waals surface area contributed by atoms with E-state index in [1.165, 1.54) is 37.7 Å². The number of thiazole rings is 1. The highest BCUT2D eigenvalue weighted by Gasteiger charge is 2.21. The summed E-state index contributed by atoms with van der Waals surface area (Å²) in [5.41, 5.74) is 2.22. The van der Waals surface area contributed by atoms with Crippen molar-refractivity contribution < 1.29 is 18.5 Å². The summed E-state index contributed by atoms with van der Waals surface area (Å²) >= 11 is 13.9. The molecule has 1 aromatic heterocycles. The lowest BCUT2D eigenvalue weighted by atomic mass is 9.89. The van der Waals surface area contributed by atoms with Crippen LogP contribution >= 0.6 is 34.5 Å². The van der Waals surface area contributed by atoms with E-state index in [0.717, 1.165) is 34.1 Å². The normalized spacial score (nSPS) is 14.2. The molecule has 1 fully saturated rings. The summed E-state index contributed by atoms with van der Waals surface area (Å²) in [7, 11) is 1.74. The molecule has 0 saturated heterocycles. The van der Waals surface area contributed by atoms with Gasteiger partial charge in [0.15, 0.2) is 16.1 Å². The molecule has 7 nitrogen and oxygen atoms in total. The summed E-state index contributed by atoms with van der Waals surface area (Å²) in [5, 5.41) is 4.65. The number of aryl methyl sites for hydroxylation is 1. The number of carbonyl (C=O) groups is 1. The number of nitrogens with zero attached hydrogens (tertiary/aromatic N) is 1. The van der Waals surface area contributed by atoms with Crippen LogP contribution in [0.1, 0.15) is 44.7 Å². The molecule has 11 heteroatoms. The molecule has 1 unspecified atom stereocenters. The van der Waals surface area contributed by atoms with Crippen molar-refractivity contribution in [3.05, 3.63) is 52.1 Å². The predicted octanol–water partition coefficient (Wildman–Crippen LogP) is 7.74. The van der Waals surface area contributed by atoms with Crippen LogP contribution in [-0.2, 0) is 20.5 Å². The summed E-state index contributed by atoms with van der Waals surface area (Å²) in [6.45, 7) is 4.32. The van der Waals surface area contributed by atoms with Crippen molar-refractivity contribution in [1.82, 2.24) is 4.98 Å². The molecule has 2 aromatic carbocycles. The van der Waals surface area contributed by atoms with Crippen LogP contribution in [0.15, 0.2) is 41.3 Å². The van der Waals surface area contributed by atoms with Gasteiger partial charge in [-0.05, 0) is 62.6 Å². The number of halogens is 2. The molecular weight excluding hydrogens is 565 g/mol. The van der Waals surface area contributed by atoms with Crippen LogP contribution in [-0.4, -0.2) is 35.9 Å². The summed E-state index contributed by atoms with van der Waals surface area (Å²) < 4.78 is 26.2. The Bertz CT molecular complexity index is 1240. The van der Waals surface area contributed by atoms with Crippen molar-refractivity contribution in [2.75, 3.05) is 30.8 Å². The van der Waals surface area contributed by atoms with Crippen LogP contribution in [0.2, 0.25) is 10.0 Å². The lowest BCUT2D eigenvalue weighted by Gasteiger charge is -2.19. The molecule has 1 aliphatic carbocycles. The molecule has 1 saturated carbocycles. The maximum atomic E-state index is 13.0. The van der Waals surface area contributed by atoms with Gasteiger partial charge in [-0.1, -0.05) is 59.9 Å². The minimum absolute atomic E-state index is 0.0206. The number of hydrogen-bond donors (Lipinski definition) is 2. The van der Waals surface area contributed by atoms with E-state index in [1.807, 2.05) is 33.0 Å². The second kappa shape index (κ2) is 14.7. The molecule has 1 aliphatic rings. The number of hydrogen-bond acceptors (Lipinski definition) is 7. The third kappa shape index (κ3) is 7.85. The lowest BCUT2D eigenvalue weighted by molar-refractivity contribution is -0.149. The van der Waals surface area contributed by atoms with Crippen molar-refractivity contribution in [3.8, 4) is 16.2 Å². The Morgan fingerprint density at radius 2 is 1.84 bits per heavy atom. The molecule has 1 heterocycles. The quantitative estimate of drug-likeness (QED) is 0.258. The minimum atomic E-state index is -1.63. The number of aromatic nitrogens is 1. The largest absolute Gasteiger partial charge is 0.495 e. The molecule has 0 spiro atoms. The van der Waals surface area contributed by atoms with Gasteiger partial charge < -0.3 is 14.8 Å². The number of rotatable bonds is 8. The number of methoxy groups -OCH3 is 1. The van der Waals surface area contributed by atoms with Gasteiger partial charge in [0.25, 0.3) is 0 Å². The first-order chi connectivity index (χ1) is 18.3. The van der Waals surface area contributed by atoms with Crippen LogP contribution < -0.4 is 14.8 Å².